The summed E-state index contributed by atoms with van der Waals surface area (Å²) in [6, 6.07) is 27.4. The number of fused-ring (bicyclic) bond motifs is 1. The summed E-state index contributed by atoms with van der Waals surface area (Å²) in [6.45, 7) is 0.485. The van der Waals surface area contributed by atoms with Gasteiger partial charge in [-0.05, 0) is 34.7 Å². The number of ether oxygens (including phenoxy) is 2. The lowest BCUT2D eigenvalue weighted by Gasteiger charge is -2.31. The molecular weight excluding hydrogens is 460 g/mol. The molecule has 0 aliphatic carbocycles. The Labute approximate surface area is 207 Å². The van der Waals surface area contributed by atoms with Crippen LogP contribution in [0, 0.1) is 0 Å². The summed E-state index contributed by atoms with van der Waals surface area (Å²) in [5.41, 5.74) is 2.27. The van der Waals surface area contributed by atoms with E-state index in [0.29, 0.717) is 23.7 Å². The molecule has 6 nitrogen and oxygen atoms in total. The Hall–Kier alpha value is -4.10. The lowest BCUT2D eigenvalue weighted by Crippen LogP contribution is -2.44. The minimum atomic E-state index is -0.868. The van der Waals surface area contributed by atoms with Crippen LogP contribution in [0.3, 0.4) is 0 Å². The molecule has 176 valence electrons. The molecule has 7 heteroatoms. The van der Waals surface area contributed by atoms with E-state index in [0.717, 1.165) is 16.0 Å². The Bertz CT molecular complexity index is 1290. The van der Waals surface area contributed by atoms with Crippen molar-refractivity contribution in [3.05, 3.63) is 112 Å². The third kappa shape index (κ3) is 5.20. The molecule has 1 atom stereocenters. The molecule has 2 amide bonds. The van der Waals surface area contributed by atoms with Gasteiger partial charge in [0.05, 0.1) is 6.42 Å². The number of amides is 2. The average molecular weight is 485 g/mol. The van der Waals surface area contributed by atoms with E-state index in [4.69, 9.17) is 9.47 Å². The van der Waals surface area contributed by atoms with Crippen LogP contribution in [-0.4, -0.2) is 18.6 Å². The zero-order valence-corrected chi connectivity index (χ0v) is 19.7. The van der Waals surface area contributed by atoms with Gasteiger partial charge in [-0.15, -0.1) is 11.3 Å². The fraction of sp³-hybridized carbons (Fsp3) is 0.143. The number of anilines is 1. The van der Waals surface area contributed by atoms with Gasteiger partial charge in [0, 0.05) is 23.2 Å². The second-order valence-electron chi connectivity index (χ2n) is 8.07. The van der Waals surface area contributed by atoms with Crippen molar-refractivity contribution >= 4 is 28.8 Å². The second kappa shape index (κ2) is 10.4. The summed E-state index contributed by atoms with van der Waals surface area (Å²) in [5, 5.41) is 4.97. The molecule has 5 rings (SSSR count). The number of nitrogens with zero attached hydrogens (tertiary/aromatic N) is 1. The maximum absolute atomic E-state index is 13.8. The Balaban J connectivity index is 1.53. The summed E-state index contributed by atoms with van der Waals surface area (Å²) in [6.07, 6.45) is 0.182. The van der Waals surface area contributed by atoms with Gasteiger partial charge in [-0.25, -0.2) is 0 Å². The highest BCUT2D eigenvalue weighted by Crippen LogP contribution is 2.38. The smallest absolute Gasteiger partial charge is 0.248 e. The number of hydrogen-bond donors (Lipinski definition) is 1. The van der Waals surface area contributed by atoms with Gasteiger partial charge < -0.3 is 14.8 Å². The van der Waals surface area contributed by atoms with Crippen molar-refractivity contribution in [1.82, 2.24) is 5.32 Å². The molecule has 1 N–H and O–H groups in total. The van der Waals surface area contributed by atoms with Crippen LogP contribution in [0.15, 0.2) is 96.4 Å². The standard InChI is InChI=1S/C28H24N2O4S/c31-26(17-23-12-7-15-35-23)30(22-13-14-24-25(16-22)34-19-33-24)27(21-10-5-2-6-11-21)28(32)29-18-20-8-3-1-4-9-20/h1-16,27H,17-19H2,(H,29,32)/t27-/m1/s1. The van der Waals surface area contributed by atoms with Crippen LogP contribution in [0.4, 0.5) is 5.69 Å². The number of nitrogens with one attached hydrogen (secondary N) is 1. The van der Waals surface area contributed by atoms with Crippen molar-refractivity contribution in [2.45, 2.75) is 19.0 Å². The molecule has 1 aliphatic heterocycles. The van der Waals surface area contributed by atoms with Crippen LogP contribution >= 0.6 is 11.3 Å². The quantitative estimate of drug-likeness (QED) is 0.377. The van der Waals surface area contributed by atoms with E-state index in [9.17, 15) is 9.59 Å². The van der Waals surface area contributed by atoms with Gasteiger partial charge in [0.1, 0.15) is 6.04 Å². The van der Waals surface area contributed by atoms with E-state index >= 15 is 0 Å². The summed E-state index contributed by atoms with van der Waals surface area (Å²) in [4.78, 5) is 30.0. The number of carbonyl (C=O) groups is 2. The first-order valence-corrected chi connectivity index (χ1v) is 12.2. The number of benzene rings is 3. The number of carbonyl (C=O) groups excluding carboxylic acids is 2. The molecular formula is C28H24N2O4S. The van der Waals surface area contributed by atoms with Gasteiger partial charge in [-0.1, -0.05) is 66.7 Å². The largest absolute Gasteiger partial charge is 0.454 e. The molecule has 1 aromatic heterocycles. The lowest BCUT2D eigenvalue weighted by molar-refractivity contribution is -0.126. The van der Waals surface area contributed by atoms with Crippen molar-refractivity contribution in [3.8, 4) is 11.5 Å². The summed E-state index contributed by atoms with van der Waals surface area (Å²) >= 11 is 1.51. The zero-order chi connectivity index (χ0) is 24.0. The van der Waals surface area contributed by atoms with E-state index < -0.39 is 6.04 Å². The highest BCUT2D eigenvalue weighted by molar-refractivity contribution is 7.10. The number of rotatable bonds is 8. The Kier molecular flexibility index (Phi) is 6.77. The summed E-state index contributed by atoms with van der Waals surface area (Å²) in [7, 11) is 0. The first-order chi connectivity index (χ1) is 17.2. The first kappa shape index (κ1) is 22.7. The zero-order valence-electron chi connectivity index (χ0n) is 18.9. The number of hydrogen-bond acceptors (Lipinski definition) is 5. The average Bonchev–Trinajstić information content (AvgIpc) is 3.58. The van der Waals surface area contributed by atoms with Crippen LogP contribution < -0.4 is 19.7 Å². The third-order valence-corrected chi connectivity index (χ3v) is 6.62. The summed E-state index contributed by atoms with van der Waals surface area (Å²) < 4.78 is 11.0. The molecule has 0 bridgehead atoms. The van der Waals surface area contributed by atoms with Crippen LogP contribution in [0.5, 0.6) is 11.5 Å². The van der Waals surface area contributed by atoms with Crippen molar-refractivity contribution in [1.29, 1.82) is 0 Å². The minimum absolute atomic E-state index is 0.127. The maximum atomic E-state index is 13.8. The van der Waals surface area contributed by atoms with Gasteiger partial charge in [-0.3, -0.25) is 14.5 Å². The monoisotopic (exact) mass is 484 g/mol. The van der Waals surface area contributed by atoms with Gasteiger partial charge in [-0.2, -0.15) is 0 Å². The van der Waals surface area contributed by atoms with Gasteiger partial charge in [0.25, 0.3) is 0 Å². The van der Waals surface area contributed by atoms with Crippen LogP contribution in [0.1, 0.15) is 22.0 Å². The van der Waals surface area contributed by atoms with Crippen LogP contribution in [-0.2, 0) is 22.6 Å². The molecule has 0 fully saturated rings. The Morgan fingerprint density at radius 3 is 2.37 bits per heavy atom. The van der Waals surface area contributed by atoms with Gasteiger partial charge in [0.15, 0.2) is 11.5 Å². The van der Waals surface area contributed by atoms with E-state index in [1.54, 1.807) is 23.1 Å². The predicted octanol–water partition coefficient (Wildman–Crippen LogP) is 5.11. The molecule has 35 heavy (non-hydrogen) atoms. The molecule has 0 radical (unpaired) electrons. The third-order valence-electron chi connectivity index (χ3n) is 5.74. The van der Waals surface area contributed by atoms with E-state index in [1.807, 2.05) is 78.2 Å². The van der Waals surface area contributed by atoms with Crippen molar-refractivity contribution in [3.63, 3.8) is 0 Å². The normalized spacial score (nSPS) is 12.7. The molecule has 0 spiro atoms. The van der Waals surface area contributed by atoms with Gasteiger partial charge in [0.2, 0.25) is 18.6 Å². The first-order valence-electron chi connectivity index (χ1n) is 11.3. The van der Waals surface area contributed by atoms with E-state index in [1.165, 1.54) is 11.3 Å². The Morgan fingerprint density at radius 1 is 0.886 bits per heavy atom. The number of thiophene rings is 1. The molecule has 3 aromatic carbocycles. The van der Waals surface area contributed by atoms with Gasteiger partial charge >= 0.3 is 0 Å². The van der Waals surface area contributed by atoms with Crippen molar-refractivity contribution in [2.24, 2.45) is 0 Å². The molecule has 0 unspecified atom stereocenters. The highest BCUT2D eigenvalue weighted by atomic mass is 32.1. The SMILES string of the molecule is O=C(NCc1ccccc1)[C@@H](c1ccccc1)N(C(=O)Cc1cccs1)c1ccc2c(c1)OCO2. The lowest BCUT2D eigenvalue weighted by atomic mass is 10.0. The van der Waals surface area contributed by atoms with E-state index in [-0.39, 0.29) is 25.0 Å². The molecule has 4 aromatic rings. The highest BCUT2D eigenvalue weighted by Gasteiger charge is 2.33. The molecule has 1 aliphatic rings. The molecule has 2 heterocycles. The fourth-order valence-corrected chi connectivity index (χ4v) is 4.75. The Morgan fingerprint density at radius 2 is 1.63 bits per heavy atom. The van der Waals surface area contributed by atoms with Crippen LogP contribution in [0.2, 0.25) is 0 Å². The van der Waals surface area contributed by atoms with Crippen molar-refractivity contribution in [2.75, 3.05) is 11.7 Å². The topological polar surface area (TPSA) is 67.9 Å². The predicted molar refractivity (Wildman–Crippen MR) is 136 cm³/mol. The van der Waals surface area contributed by atoms with Crippen molar-refractivity contribution < 1.29 is 19.1 Å². The summed E-state index contributed by atoms with van der Waals surface area (Å²) in [5.74, 6) is 0.712. The molecule has 0 saturated heterocycles. The second-order valence-corrected chi connectivity index (χ2v) is 9.11. The van der Waals surface area contributed by atoms with Crippen LogP contribution in [0.25, 0.3) is 0 Å². The maximum Gasteiger partial charge on any atom is 0.248 e. The van der Waals surface area contributed by atoms with E-state index in [2.05, 4.69) is 5.32 Å². The fourth-order valence-electron chi connectivity index (χ4n) is 4.05. The minimum Gasteiger partial charge on any atom is -0.454 e. The molecule has 0 saturated carbocycles.